The van der Waals surface area contributed by atoms with Crippen LogP contribution in [-0.4, -0.2) is 30.4 Å². The van der Waals surface area contributed by atoms with E-state index in [2.05, 4.69) is 10.6 Å². The smallest absolute Gasteiger partial charge is 0.333 e. The van der Waals surface area contributed by atoms with Crippen LogP contribution in [0.15, 0.2) is 48.5 Å². The summed E-state index contributed by atoms with van der Waals surface area (Å²) in [4.78, 5) is 37.3. The third-order valence-corrected chi connectivity index (χ3v) is 4.46. The largest absolute Gasteiger partial charge is 0.464 e. The summed E-state index contributed by atoms with van der Waals surface area (Å²) in [6.45, 7) is 3.65. The Morgan fingerprint density at radius 1 is 1.00 bits per heavy atom. The van der Waals surface area contributed by atoms with E-state index in [0.717, 1.165) is 18.6 Å². The van der Waals surface area contributed by atoms with Crippen LogP contribution in [0.25, 0.3) is 0 Å². The van der Waals surface area contributed by atoms with Crippen LogP contribution in [0.5, 0.6) is 0 Å². The Labute approximate surface area is 180 Å². The van der Waals surface area contributed by atoms with Gasteiger partial charge < -0.3 is 15.4 Å². The van der Waals surface area contributed by atoms with E-state index in [9.17, 15) is 23.2 Å². The van der Waals surface area contributed by atoms with Crippen LogP contribution < -0.4 is 10.6 Å². The van der Waals surface area contributed by atoms with Crippen molar-refractivity contribution in [2.24, 2.45) is 0 Å². The molecule has 0 fully saturated rings. The molecule has 0 bridgehead atoms. The van der Waals surface area contributed by atoms with Gasteiger partial charge in [-0.05, 0) is 36.6 Å². The van der Waals surface area contributed by atoms with Crippen LogP contribution in [0.4, 0.5) is 8.78 Å². The van der Waals surface area contributed by atoms with Gasteiger partial charge in [0.1, 0.15) is 17.7 Å². The van der Waals surface area contributed by atoms with Crippen molar-refractivity contribution in [3.63, 3.8) is 0 Å². The Bertz CT molecular complexity index is 885. The van der Waals surface area contributed by atoms with Crippen LogP contribution in [-0.2, 0) is 25.5 Å². The lowest BCUT2D eigenvalue weighted by Gasteiger charge is -2.21. The molecule has 0 aliphatic heterocycles. The number of halogens is 2. The van der Waals surface area contributed by atoms with E-state index in [-0.39, 0.29) is 18.6 Å². The molecule has 2 aromatic carbocycles. The first-order valence-electron chi connectivity index (χ1n) is 10.1. The van der Waals surface area contributed by atoms with E-state index in [0.29, 0.717) is 18.1 Å². The van der Waals surface area contributed by atoms with Crippen LogP contribution in [0.3, 0.4) is 0 Å². The number of carbonyl (C=O) groups is 3. The highest BCUT2D eigenvalue weighted by Crippen LogP contribution is 2.15. The summed E-state index contributed by atoms with van der Waals surface area (Å²) < 4.78 is 31.8. The van der Waals surface area contributed by atoms with Crippen molar-refractivity contribution in [3.8, 4) is 0 Å². The highest BCUT2D eigenvalue weighted by Gasteiger charge is 2.27. The van der Waals surface area contributed by atoms with Gasteiger partial charge in [0.2, 0.25) is 11.8 Å². The third-order valence-electron chi connectivity index (χ3n) is 4.46. The zero-order chi connectivity index (χ0) is 22.8. The van der Waals surface area contributed by atoms with Gasteiger partial charge in [-0.3, -0.25) is 9.59 Å². The minimum absolute atomic E-state index is 0.143. The number of unbranched alkanes of at least 4 members (excludes halogenated alkanes) is 1. The molecule has 2 rings (SSSR count). The minimum Gasteiger partial charge on any atom is -0.464 e. The lowest BCUT2D eigenvalue weighted by Crippen LogP contribution is -2.47. The third kappa shape index (κ3) is 7.81. The molecule has 166 valence electrons. The predicted molar refractivity (Wildman–Crippen MR) is 111 cm³/mol. The first-order valence-corrected chi connectivity index (χ1v) is 10.1. The number of carbonyl (C=O) groups excluding carboxylic acids is 3. The van der Waals surface area contributed by atoms with Crippen molar-refractivity contribution in [2.45, 2.75) is 45.2 Å². The Hall–Kier alpha value is -3.29. The van der Waals surface area contributed by atoms with E-state index >= 15 is 0 Å². The highest BCUT2D eigenvalue weighted by atomic mass is 19.1. The molecule has 0 spiro atoms. The molecule has 8 heteroatoms. The first kappa shape index (κ1) is 24.0. The fourth-order valence-electron chi connectivity index (χ4n) is 2.85. The van der Waals surface area contributed by atoms with Crippen molar-refractivity contribution in [1.29, 1.82) is 0 Å². The van der Waals surface area contributed by atoms with E-state index < -0.39 is 41.5 Å². The molecule has 2 aromatic rings. The average Bonchev–Trinajstić information content (AvgIpc) is 2.71. The molecular weight excluding hydrogens is 406 g/mol. The quantitative estimate of drug-likeness (QED) is 0.446. The molecule has 2 N–H and O–H groups in total. The van der Waals surface area contributed by atoms with Crippen LogP contribution in [0.1, 0.15) is 43.9 Å². The van der Waals surface area contributed by atoms with Gasteiger partial charge in [0.15, 0.2) is 6.04 Å². The van der Waals surface area contributed by atoms with Crippen molar-refractivity contribution in [2.75, 3.05) is 6.61 Å². The standard InChI is InChI=1S/C23H26F2N2O4/c1-3-4-10-31-23(30)21(17-8-6-5-7-9-17)27-22(29)15(2)26-20(28)13-16-11-18(24)14-19(25)12-16/h5-9,11-12,14-15,21H,3-4,10,13H2,1-2H3,(H,26,28)(H,27,29)/t15-,21-/m0/s1. The highest BCUT2D eigenvalue weighted by molar-refractivity contribution is 5.91. The second-order valence-corrected chi connectivity index (χ2v) is 7.12. The SMILES string of the molecule is CCCCOC(=O)[C@@H](NC(=O)[C@H](C)NC(=O)Cc1cc(F)cc(F)c1)c1ccccc1. The van der Waals surface area contributed by atoms with Gasteiger partial charge in [0.25, 0.3) is 0 Å². The molecule has 6 nitrogen and oxygen atoms in total. The number of ether oxygens (including phenoxy) is 1. The van der Waals surface area contributed by atoms with Crippen LogP contribution in [0.2, 0.25) is 0 Å². The fourth-order valence-corrected chi connectivity index (χ4v) is 2.85. The molecule has 0 heterocycles. The van der Waals surface area contributed by atoms with Crippen LogP contribution in [0, 0.1) is 11.6 Å². The van der Waals surface area contributed by atoms with Gasteiger partial charge in [0, 0.05) is 6.07 Å². The Kier molecular flexibility index (Phi) is 9.12. The molecule has 0 aromatic heterocycles. The van der Waals surface area contributed by atoms with E-state index in [4.69, 9.17) is 4.74 Å². The van der Waals surface area contributed by atoms with Gasteiger partial charge in [-0.15, -0.1) is 0 Å². The summed E-state index contributed by atoms with van der Waals surface area (Å²) >= 11 is 0. The molecule has 0 unspecified atom stereocenters. The number of esters is 1. The number of hydrogen-bond acceptors (Lipinski definition) is 4. The zero-order valence-electron chi connectivity index (χ0n) is 17.5. The minimum atomic E-state index is -1.03. The summed E-state index contributed by atoms with van der Waals surface area (Å²) in [5, 5.41) is 5.07. The van der Waals surface area contributed by atoms with E-state index in [1.807, 2.05) is 6.92 Å². The Morgan fingerprint density at radius 3 is 2.26 bits per heavy atom. The predicted octanol–water partition coefficient (Wildman–Crippen LogP) is 3.21. The van der Waals surface area contributed by atoms with Crippen LogP contribution >= 0.6 is 0 Å². The summed E-state index contributed by atoms with van der Waals surface area (Å²) in [5.74, 6) is -3.36. The van der Waals surface area contributed by atoms with Gasteiger partial charge >= 0.3 is 5.97 Å². The van der Waals surface area contributed by atoms with Gasteiger partial charge in [-0.1, -0.05) is 43.7 Å². The normalized spacial score (nSPS) is 12.5. The number of amides is 2. The summed E-state index contributed by atoms with van der Waals surface area (Å²) in [5.41, 5.74) is 0.690. The fraction of sp³-hybridized carbons (Fsp3) is 0.348. The Balaban J connectivity index is 2.00. The molecule has 2 atom stereocenters. The molecule has 0 saturated heterocycles. The van der Waals surface area contributed by atoms with E-state index in [1.54, 1.807) is 30.3 Å². The molecule has 31 heavy (non-hydrogen) atoms. The summed E-state index contributed by atoms with van der Waals surface area (Å²) in [6, 6.07) is 9.42. The summed E-state index contributed by atoms with van der Waals surface area (Å²) in [6.07, 6.45) is 1.26. The van der Waals surface area contributed by atoms with Crippen molar-refractivity contribution in [1.82, 2.24) is 10.6 Å². The molecule has 0 saturated carbocycles. The number of benzene rings is 2. The van der Waals surface area contributed by atoms with Gasteiger partial charge in [-0.25, -0.2) is 13.6 Å². The second kappa shape index (κ2) is 11.8. The number of rotatable bonds is 10. The zero-order valence-corrected chi connectivity index (χ0v) is 17.5. The van der Waals surface area contributed by atoms with Crippen molar-refractivity contribution in [3.05, 3.63) is 71.3 Å². The van der Waals surface area contributed by atoms with Crippen molar-refractivity contribution < 1.29 is 27.9 Å². The van der Waals surface area contributed by atoms with Crippen molar-refractivity contribution >= 4 is 17.8 Å². The Morgan fingerprint density at radius 2 is 1.65 bits per heavy atom. The molecule has 0 aliphatic carbocycles. The van der Waals surface area contributed by atoms with Gasteiger partial charge in [-0.2, -0.15) is 0 Å². The number of nitrogens with one attached hydrogen (secondary N) is 2. The lowest BCUT2D eigenvalue weighted by molar-refractivity contribution is -0.148. The molecule has 0 radical (unpaired) electrons. The molecule has 2 amide bonds. The maximum atomic E-state index is 13.3. The topological polar surface area (TPSA) is 84.5 Å². The maximum absolute atomic E-state index is 13.3. The van der Waals surface area contributed by atoms with E-state index in [1.165, 1.54) is 6.92 Å². The first-order chi connectivity index (χ1) is 14.8. The maximum Gasteiger partial charge on any atom is 0.333 e. The second-order valence-electron chi connectivity index (χ2n) is 7.12. The number of hydrogen-bond donors (Lipinski definition) is 2. The van der Waals surface area contributed by atoms with Gasteiger partial charge in [0.05, 0.1) is 13.0 Å². The lowest BCUT2D eigenvalue weighted by atomic mass is 10.1. The molecular formula is C23H26F2N2O4. The average molecular weight is 432 g/mol. The monoisotopic (exact) mass is 432 g/mol. The summed E-state index contributed by atoms with van der Waals surface area (Å²) in [7, 11) is 0. The molecule has 0 aliphatic rings.